The maximum Gasteiger partial charge on any atom is 0.223 e. The zero-order valence-corrected chi connectivity index (χ0v) is 14.8. The number of hydrogen-bond donors (Lipinski definition) is 0. The number of benzene rings is 1. The van der Waals surface area contributed by atoms with Gasteiger partial charge in [-0.2, -0.15) is 0 Å². The van der Waals surface area contributed by atoms with Gasteiger partial charge in [0.15, 0.2) is 0 Å². The first-order valence-electron chi connectivity index (χ1n) is 9.70. The van der Waals surface area contributed by atoms with Crippen LogP contribution in [0.15, 0.2) is 30.3 Å². The number of amides is 1. The van der Waals surface area contributed by atoms with Crippen LogP contribution >= 0.6 is 0 Å². The van der Waals surface area contributed by atoms with Crippen molar-refractivity contribution in [3.05, 3.63) is 35.9 Å². The molecule has 0 atom stereocenters. The summed E-state index contributed by atoms with van der Waals surface area (Å²) in [6.45, 7) is 3.34. The molecule has 1 aliphatic carbocycles. The lowest BCUT2D eigenvalue weighted by Crippen LogP contribution is -2.37. The summed E-state index contributed by atoms with van der Waals surface area (Å²) in [5, 5.41) is 0. The Morgan fingerprint density at radius 3 is 2.38 bits per heavy atom. The summed E-state index contributed by atoms with van der Waals surface area (Å²) in [6, 6.07) is 10.4. The molecule has 1 amide bonds. The molecule has 3 rings (SSSR count). The maximum absolute atomic E-state index is 13.0. The lowest BCUT2D eigenvalue weighted by Gasteiger charge is -2.31. The first kappa shape index (κ1) is 17.5. The van der Waals surface area contributed by atoms with E-state index >= 15 is 0 Å². The smallest absolute Gasteiger partial charge is 0.223 e. The number of carbonyl (C=O) groups is 1. The Balaban J connectivity index is 1.61. The van der Waals surface area contributed by atoms with Crippen molar-refractivity contribution in [3.8, 4) is 0 Å². The van der Waals surface area contributed by atoms with Gasteiger partial charge in [0.05, 0.1) is 0 Å². The lowest BCUT2D eigenvalue weighted by atomic mass is 9.86. The summed E-state index contributed by atoms with van der Waals surface area (Å²) in [5.41, 5.74) is 1.24. The van der Waals surface area contributed by atoms with E-state index < -0.39 is 0 Å². The highest BCUT2D eigenvalue weighted by atomic mass is 16.5. The standard InChI is InChI=1S/C21H31NO2/c23-21(15-18-7-3-1-4-8-18)22(16-19-9-5-2-6-10-19)17-20-11-13-24-14-12-20/h2,5-6,9-10,18,20H,1,3-4,7-8,11-17H2. The fourth-order valence-corrected chi connectivity index (χ4v) is 4.07. The fourth-order valence-electron chi connectivity index (χ4n) is 4.07. The summed E-state index contributed by atoms with van der Waals surface area (Å²) in [5.74, 6) is 1.56. The van der Waals surface area contributed by atoms with Crippen LogP contribution in [0.3, 0.4) is 0 Å². The predicted molar refractivity (Wildman–Crippen MR) is 96.6 cm³/mol. The molecule has 1 heterocycles. The minimum absolute atomic E-state index is 0.359. The van der Waals surface area contributed by atoms with E-state index in [0.717, 1.165) is 45.6 Å². The summed E-state index contributed by atoms with van der Waals surface area (Å²) >= 11 is 0. The summed E-state index contributed by atoms with van der Waals surface area (Å²) < 4.78 is 5.48. The van der Waals surface area contributed by atoms with Crippen molar-refractivity contribution in [3.63, 3.8) is 0 Å². The molecule has 3 nitrogen and oxygen atoms in total. The average Bonchev–Trinajstić information content (AvgIpc) is 2.64. The van der Waals surface area contributed by atoms with Crippen molar-refractivity contribution < 1.29 is 9.53 Å². The van der Waals surface area contributed by atoms with E-state index in [1.807, 2.05) is 6.07 Å². The normalized spacial score (nSPS) is 20.0. The molecule has 1 aromatic rings. The first-order valence-corrected chi connectivity index (χ1v) is 9.70. The highest BCUT2D eigenvalue weighted by Crippen LogP contribution is 2.27. The van der Waals surface area contributed by atoms with Gasteiger partial charge < -0.3 is 9.64 Å². The largest absolute Gasteiger partial charge is 0.381 e. The zero-order chi connectivity index (χ0) is 16.6. The summed E-state index contributed by atoms with van der Waals surface area (Å²) in [7, 11) is 0. The molecule has 1 saturated carbocycles. The topological polar surface area (TPSA) is 29.5 Å². The monoisotopic (exact) mass is 329 g/mol. The number of carbonyl (C=O) groups excluding carboxylic acids is 1. The van der Waals surface area contributed by atoms with Crippen molar-refractivity contribution in [1.29, 1.82) is 0 Å². The minimum Gasteiger partial charge on any atom is -0.381 e. The lowest BCUT2D eigenvalue weighted by molar-refractivity contribution is -0.134. The Hall–Kier alpha value is -1.35. The van der Waals surface area contributed by atoms with Gasteiger partial charge in [0, 0.05) is 32.7 Å². The Labute approximate surface area is 146 Å². The van der Waals surface area contributed by atoms with Crippen LogP contribution in [-0.4, -0.2) is 30.6 Å². The van der Waals surface area contributed by atoms with Crippen molar-refractivity contribution in [2.24, 2.45) is 11.8 Å². The van der Waals surface area contributed by atoms with E-state index in [4.69, 9.17) is 4.74 Å². The average molecular weight is 329 g/mol. The molecule has 0 spiro atoms. The van der Waals surface area contributed by atoms with E-state index in [1.54, 1.807) is 0 Å². The van der Waals surface area contributed by atoms with Gasteiger partial charge in [-0.15, -0.1) is 0 Å². The molecule has 132 valence electrons. The van der Waals surface area contributed by atoms with E-state index in [0.29, 0.717) is 17.7 Å². The third kappa shape index (κ3) is 5.34. The quantitative estimate of drug-likeness (QED) is 0.773. The van der Waals surface area contributed by atoms with Crippen LogP contribution in [0.4, 0.5) is 0 Å². The Morgan fingerprint density at radius 1 is 0.958 bits per heavy atom. The van der Waals surface area contributed by atoms with Crippen LogP contribution < -0.4 is 0 Å². The van der Waals surface area contributed by atoms with Crippen LogP contribution in [0.2, 0.25) is 0 Å². The van der Waals surface area contributed by atoms with Crippen molar-refractivity contribution in [1.82, 2.24) is 4.90 Å². The maximum atomic E-state index is 13.0. The second-order valence-electron chi connectivity index (χ2n) is 7.52. The molecule has 1 aliphatic heterocycles. The van der Waals surface area contributed by atoms with E-state index in [-0.39, 0.29) is 0 Å². The summed E-state index contributed by atoms with van der Waals surface area (Å²) in [6.07, 6.45) is 9.35. The molecule has 0 radical (unpaired) electrons. The van der Waals surface area contributed by atoms with Crippen LogP contribution in [-0.2, 0) is 16.1 Å². The van der Waals surface area contributed by atoms with Gasteiger partial charge >= 0.3 is 0 Å². The molecule has 0 aromatic heterocycles. The third-order valence-electron chi connectivity index (χ3n) is 5.58. The highest BCUT2D eigenvalue weighted by Gasteiger charge is 2.24. The minimum atomic E-state index is 0.359. The molecule has 0 N–H and O–H groups in total. The van der Waals surface area contributed by atoms with Gasteiger partial charge in [-0.05, 0) is 43.1 Å². The van der Waals surface area contributed by atoms with E-state index in [1.165, 1.54) is 37.7 Å². The van der Waals surface area contributed by atoms with Crippen LogP contribution in [0.1, 0.15) is 56.9 Å². The molecular weight excluding hydrogens is 298 g/mol. The molecule has 0 unspecified atom stereocenters. The molecule has 0 bridgehead atoms. The van der Waals surface area contributed by atoms with Gasteiger partial charge in [-0.3, -0.25) is 4.79 Å². The molecule has 1 saturated heterocycles. The van der Waals surface area contributed by atoms with Gasteiger partial charge in [0.25, 0.3) is 0 Å². The van der Waals surface area contributed by atoms with Crippen molar-refractivity contribution in [2.45, 2.75) is 57.9 Å². The van der Waals surface area contributed by atoms with Crippen molar-refractivity contribution in [2.75, 3.05) is 19.8 Å². The van der Waals surface area contributed by atoms with Gasteiger partial charge in [0.2, 0.25) is 5.91 Å². The van der Waals surface area contributed by atoms with Gasteiger partial charge in [-0.25, -0.2) is 0 Å². The molecule has 3 heteroatoms. The number of nitrogens with zero attached hydrogens (tertiary/aromatic N) is 1. The number of hydrogen-bond acceptors (Lipinski definition) is 2. The zero-order valence-electron chi connectivity index (χ0n) is 14.8. The van der Waals surface area contributed by atoms with E-state index in [2.05, 4.69) is 29.2 Å². The van der Waals surface area contributed by atoms with Crippen LogP contribution in [0, 0.1) is 11.8 Å². The van der Waals surface area contributed by atoms with E-state index in [9.17, 15) is 4.79 Å². The molecule has 1 aromatic carbocycles. The van der Waals surface area contributed by atoms with Gasteiger partial charge in [-0.1, -0.05) is 49.6 Å². The Morgan fingerprint density at radius 2 is 1.67 bits per heavy atom. The first-order chi connectivity index (χ1) is 11.8. The third-order valence-corrected chi connectivity index (χ3v) is 5.58. The molecule has 2 aliphatic rings. The summed E-state index contributed by atoms with van der Waals surface area (Å²) in [4.78, 5) is 15.1. The second kappa shape index (κ2) is 9.22. The predicted octanol–water partition coefficient (Wildman–Crippen LogP) is 4.41. The van der Waals surface area contributed by atoms with Crippen molar-refractivity contribution >= 4 is 5.91 Å². The fraction of sp³-hybridized carbons (Fsp3) is 0.667. The molecule has 24 heavy (non-hydrogen) atoms. The second-order valence-corrected chi connectivity index (χ2v) is 7.52. The molecule has 2 fully saturated rings. The van der Waals surface area contributed by atoms with Gasteiger partial charge in [0.1, 0.15) is 0 Å². The molecular formula is C21H31NO2. The number of ether oxygens (including phenoxy) is 1. The highest BCUT2D eigenvalue weighted by molar-refractivity contribution is 5.76. The van der Waals surface area contributed by atoms with Crippen LogP contribution in [0.5, 0.6) is 0 Å². The van der Waals surface area contributed by atoms with Crippen LogP contribution in [0.25, 0.3) is 0 Å². The SMILES string of the molecule is O=C(CC1CCCCC1)N(Cc1ccccc1)CC1CCOCC1. The Kier molecular flexibility index (Phi) is 6.71. The Bertz CT molecular complexity index is 490. The number of rotatable bonds is 6.